The van der Waals surface area contributed by atoms with Crippen LogP contribution >= 0.6 is 24.0 Å². The Morgan fingerprint density at radius 3 is 2.36 bits per heavy atom. The smallest absolute Gasteiger partial charge is 0.191 e. The molecule has 0 aromatic heterocycles. The van der Waals surface area contributed by atoms with E-state index in [0.717, 1.165) is 25.0 Å². The molecule has 4 nitrogen and oxygen atoms in total. The summed E-state index contributed by atoms with van der Waals surface area (Å²) in [5, 5.41) is 6.99. The van der Waals surface area contributed by atoms with Crippen molar-refractivity contribution in [1.29, 1.82) is 0 Å². The Morgan fingerprint density at radius 2 is 1.76 bits per heavy atom. The summed E-state index contributed by atoms with van der Waals surface area (Å²) in [6.45, 7) is 6.67. The van der Waals surface area contributed by atoms with Gasteiger partial charge in [0.25, 0.3) is 0 Å². The number of nitrogens with zero attached hydrogens (tertiary/aromatic N) is 2. The number of rotatable bonds is 5. The SMILES string of the molecule is CN=C(NCc1ccccc1CN1CCCCCC1)NC1CC1C.I. The standard InChI is InChI=1S/C20H32N4.HI/c1-16-13-19(16)23-20(21-2)22-14-17-9-5-6-10-18(17)15-24-11-7-3-4-8-12-24;/h5-6,9-10,16,19H,3-4,7-8,11-15H2,1-2H3,(H2,21,22,23);1H. The molecule has 2 fully saturated rings. The van der Waals surface area contributed by atoms with Crippen LogP contribution in [0, 0.1) is 5.92 Å². The van der Waals surface area contributed by atoms with Crippen LogP contribution in [0.25, 0.3) is 0 Å². The highest BCUT2D eigenvalue weighted by molar-refractivity contribution is 14.0. The summed E-state index contributed by atoms with van der Waals surface area (Å²) >= 11 is 0. The summed E-state index contributed by atoms with van der Waals surface area (Å²) in [5.74, 6) is 1.70. The molecule has 0 radical (unpaired) electrons. The minimum Gasteiger partial charge on any atom is -0.353 e. The highest BCUT2D eigenvalue weighted by atomic mass is 127. The summed E-state index contributed by atoms with van der Waals surface area (Å²) in [7, 11) is 1.85. The van der Waals surface area contributed by atoms with E-state index in [0.29, 0.717) is 6.04 Å². The molecule has 0 spiro atoms. The van der Waals surface area contributed by atoms with Gasteiger partial charge < -0.3 is 10.6 Å². The van der Waals surface area contributed by atoms with Gasteiger partial charge in [-0.25, -0.2) is 0 Å². The number of hydrogen-bond acceptors (Lipinski definition) is 2. The summed E-state index contributed by atoms with van der Waals surface area (Å²) < 4.78 is 0. The van der Waals surface area contributed by atoms with Gasteiger partial charge >= 0.3 is 0 Å². The second-order valence-corrected chi connectivity index (χ2v) is 7.35. The van der Waals surface area contributed by atoms with Crippen molar-refractivity contribution in [2.45, 2.75) is 58.2 Å². The highest BCUT2D eigenvalue weighted by Gasteiger charge is 2.33. The third-order valence-electron chi connectivity index (χ3n) is 5.31. The molecule has 1 heterocycles. The van der Waals surface area contributed by atoms with Gasteiger partial charge in [-0.2, -0.15) is 0 Å². The Morgan fingerprint density at radius 1 is 1.12 bits per heavy atom. The zero-order chi connectivity index (χ0) is 16.8. The van der Waals surface area contributed by atoms with Crippen LogP contribution in [0.5, 0.6) is 0 Å². The third kappa shape index (κ3) is 6.44. The average molecular weight is 456 g/mol. The number of benzene rings is 1. The van der Waals surface area contributed by atoms with Gasteiger partial charge in [-0.15, -0.1) is 24.0 Å². The number of likely N-dealkylation sites (tertiary alicyclic amines) is 1. The fraction of sp³-hybridized carbons (Fsp3) is 0.650. The van der Waals surface area contributed by atoms with Gasteiger partial charge in [-0.1, -0.05) is 44.0 Å². The number of nitrogens with one attached hydrogen (secondary N) is 2. The van der Waals surface area contributed by atoms with E-state index in [2.05, 4.69) is 51.7 Å². The van der Waals surface area contributed by atoms with Gasteiger partial charge in [-0.3, -0.25) is 9.89 Å². The molecule has 5 heteroatoms. The molecule has 1 saturated carbocycles. The summed E-state index contributed by atoms with van der Waals surface area (Å²) in [6, 6.07) is 9.43. The molecule has 1 aliphatic heterocycles. The molecule has 2 atom stereocenters. The molecule has 2 unspecified atom stereocenters. The summed E-state index contributed by atoms with van der Waals surface area (Å²) in [6.07, 6.45) is 6.72. The van der Waals surface area contributed by atoms with Crippen LogP contribution in [-0.4, -0.2) is 37.0 Å². The first kappa shape index (κ1) is 20.5. The minimum atomic E-state index is 0. The van der Waals surface area contributed by atoms with E-state index in [-0.39, 0.29) is 24.0 Å². The average Bonchev–Trinajstić information content (AvgIpc) is 3.35. The quantitative estimate of drug-likeness (QED) is 0.403. The maximum absolute atomic E-state index is 4.36. The van der Waals surface area contributed by atoms with E-state index < -0.39 is 0 Å². The van der Waals surface area contributed by atoms with E-state index in [4.69, 9.17) is 0 Å². The zero-order valence-corrected chi connectivity index (χ0v) is 18.0. The molecular weight excluding hydrogens is 423 g/mol. The van der Waals surface area contributed by atoms with Crippen LogP contribution < -0.4 is 10.6 Å². The summed E-state index contributed by atoms with van der Waals surface area (Å²) in [4.78, 5) is 6.98. The van der Waals surface area contributed by atoms with E-state index in [1.54, 1.807) is 0 Å². The second-order valence-electron chi connectivity index (χ2n) is 7.35. The second kappa shape index (κ2) is 10.4. The van der Waals surface area contributed by atoms with Gasteiger partial charge in [-0.05, 0) is 49.4 Å². The first-order valence-electron chi connectivity index (χ1n) is 9.52. The number of hydrogen-bond donors (Lipinski definition) is 2. The predicted molar refractivity (Wildman–Crippen MR) is 117 cm³/mol. The van der Waals surface area contributed by atoms with E-state index in [1.165, 1.54) is 56.3 Å². The lowest BCUT2D eigenvalue weighted by molar-refractivity contribution is 0.276. The van der Waals surface area contributed by atoms with Crippen LogP contribution in [0.4, 0.5) is 0 Å². The monoisotopic (exact) mass is 456 g/mol. The van der Waals surface area contributed by atoms with Crippen molar-refractivity contribution < 1.29 is 0 Å². The maximum Gasteiger partial charge on any atom is 0.191 e. The van der Waals surface area contributed by atoms with Crippen LogP contribution in [0.15, 0.2) is 29.3 Å². The molecule has 140 valence electrons. The first-order valence-corrected chi connectivity index (χ1v) is 9.52. The fourth-order valence-electron chi connectivity index (χ4n) is 3.49. The Kier molecular flexibility index (Phi) is 8.49. The molecule has 2 N–H and O–H groups in total. The van der Waals surface area contributed by atoms with Crippen molar-refractivity contribution in [3.05, 3.63) is 35.4 Å². The number of guanidine groups is 1. The Balaban J connectivity index is 0.00000225. The molecule has 1 aromatic carbocycles. The fourth-order valence-corrected chi connectivity index (χ4v) is 3.49. The lowest BCUT2D eigenvalue weighted by Gasteiger charge is -2.22. The normalized spacial score (nSPS) is 24.2. The Bertz CT molecular complexity index is 552. The molecule has 1 aromatic rings. The molecule has 0 bridgehead atoms. The topological polar surface area (TPSA) is 39.7 Å². The van der Waals surface area contributed by atoms with Crippen molar-refractivity contribution in [2.24, 2.45) is 10.9 Å². The molecule has 0 amide bonds. The van der Waals surface area contributed by atoms with Gasteiger partial charge in [0.05, 0.1) is 0 Å². The Labute approximate surface area is 169 Å². The van der Waals surface area contributed by atoms with Crippen LogP contribution in [0.2, 0.25) is 0 Å². The number of halogens is 1. The van der Waals surface area contributed by atoms with Crippen molar-refractivity contribution in [3.63, 3.8) is 0 Å². The van der Waals surface area contributed by atoms with Gasteiger partial charge in [0, 0.05) is 26.2 Å². The molecule has 3 rings (SSSR count). The Hall–Kier alpha value is -0.820. The van der Waals surface area contributed by atoms with Crippen molar-refractivity contribution in [3.8, 4) is 0 Å². The minimum absolute atomic E-state index is 0. The molecule has 1 saturated heterocycles. The van der Waals surface area contributed by atoms with Crippen LogP contribution in [-0.2, 0) is 13.1 Å². The van der Waals surface area contributed by atoms with Gasteiger partial charge in [0.2, 0.25) is 0 Å². The lowest BCUT2D eigenvalue weighted by atomic mass is 10.1. The third-order valence-corrected chi connectivity index (χ3v) is 5.31. The molecule has 2 aliphatic rings. The van der Waals surface area contributed by atoms with Gasteiger partial charge in [0.1, 0.15) is 0 Å². The van der Waals surface area contributed by atoms with E-state index in [1.807, 2.05) is 7.05 Å². The number of aliphatic imine (C=N–C) groups is 1. The molecule has 25 heavy (non-hydrogen) atoms. The first-order chi connectivity index (χ1) is 11.8. The van der Waals surface area contributed by atoms with E-state index in [9.17, 15) is 0 Å². The maximum atomic E-state index is 4.36. The predicted octanol–water partition coefficient (Wildman–Crippen LogP) is 3.75. The van der Waals surface area contributed by atoms with Crippen molar-refractivity contribution >= 4 is 29.9 Å². The van der Waals surface area contributed by atoms with E-state index >= 15 is 0 Å². The lowest BCUT2D eigenvalue weighted by Crippen LogP contribution is -2.38. The highest BCUT2D eigenvalue weighted by Crippen LogP contribution is 2.28. The van der Waals surface area contributed by atoms with Gasteiger partial charge in [0.15, 0.2) is 5.96 Å². The van der Waals surface area contributed by atoms with Crippen LogP contribution in [0.1, 0.15) is 50.2 Å². The van der Waals surface area contributed by atoms with Crippen molar-refractivity contribution in [2.75, 3.05) is 20.1 Å². The summed E-state index contributed by atoms with van der Waals surface area (Å²) in [5.41, 5.74) is 2.83. The largest absolute Gasteiger partial charge is 0.353 e. The molecule has 1 aliphatic carbocycles. The molecular formula is C20H33IN4. The van der Waals surface area contributed by atoms with Crippen molar-refractivity contribution in [1.82, 2.24) is 15.5 Å². The zero-order valence-electron chi connectivity index (χ0n) is 15.6. The van der Waals surface area contributed by atoms with Crippen LogP contribution in [0.3, 0.4) is 0 Å².